The van der Waals surface area contributed by atoms with Gasteiger partial charge in [-0.1, -0.05) is 55.5 Å². The fourth-order valence-corrected chi connectivity index (χ4v) is 3.66. The van der Waals surface area contributed by atoms with Crippen LogP contribution >= 0.6 is 0 Å². The molecule has 1 aliphatic carbocycles. The van der Waals surface area contributed by atoms with E-state index in [1.165, 1.54) is 30.5 Å². The van der Waals surface area contributed by atoms with Gasteiger partial charge in [-0.15, -0.1) is 0 Å². The smallest absolute Gasteiger partial charge is 0.0340 e. The highest BCUT2D eigenvalue weighted by Crippen LogP contribution is 2.29. The lowest BCUT2D eigenvalue weighted by atomic mass is 9.79. The summed E-state index contributed by atoms with van der Waals surface area (Å²) in [6, 6.07) is 21.9. The van der Waals surface area contributed by atoms with Gasteiger partial charge in [-0.2, -0.15) is 0 Å². The number of hydrogen-bond acceptors (Lipinski definition) is 2. The molecule has 0 spiro atoms. The van der Waals surface area contributed by atoms with Gasteiger partial charge in [-0.25, -0.2) is 0 Å². The van der Waals surface area contributed by atoms with Crippen molar-refractivity contribution < 1.29 is 0 Å². The molecule has 122 valence electrons. The Hall–Kier alpha value is -1.80. The van der Waals surface area contributed by atoms with Crippen molar-refractivity contribution in [2.45, 2.75) is 38.8 Å². The normalized spacial score (nSPS) is 24.3. The summed E-state index contributed by atoms with van der Waals surface area (Å²) in [5.74, 6) is 1.54. The average Bonchev–Trinajstić information content (AvgIpc) is 2.61. The Morgan fingerprint density at radius 2 is 1.61 bits per heavy atom. The molecule has 1 saturated carbocycles. The molecule has 2 nitrogen and oxygen atoms in total. The van der Waals surface area contributed by atoms with Crippen LogP contribution in [0.3, 0.4) is 0 Å². The van der Waals surface area contributed by atoms with Crippen molar-refractivity contribution >= 4 is 5.69 Å². The topological polar surface area (TPSA) is 24.1 Å². The lowest BCUT2D eigenvalue weighted by molar-refractivity contribution is 0.223. The van der Waals surface area contributed by atoms with Gasteiger partial charge in [0.2, 0.25) is 0 Å². The summed E-state index contributed by atoms with van der Waals surface area (Å²) in [4.78, 5) is 0. The van der Waals surface area contributed by atoms with Crippen molar-refractivity contribution in [2.24, 2.45) is 11.8 Å². The minimum Gasteiger partial charge on any atom is -0.385 e. The van der Waals surface area contributed by atoms with Crippen LogP contribution in [0.15, 0.2) is 60.7 Å². The van der Waals surface area contributed by atoms with E-state index in [1.807, 2.05) is 0 Å². The maximum Gasteiger partial charge on any atom is 0.0340 e. The molecule has 3 atom stereocenters. The van der Waals surface area contributed by atoms with Crippen molar-refractivity contribution in [3.05, 3.63) is 66.2 Å². The minimum absolute atomic E-state index is 0.656. The van der Waals surface area contributed by atoms with E-state index in [2.05, 4.69) is 78.2 Å². The van der Waals surface area contributed by atoms with Crippen molar-refractivity contribution in [3.8, 4) is 0 Å². The van der Waals surface area contributed by atoms with Crippen LogP contribution in [0.1, 0.15) is 31.7 Å². The molecule has 3 rings (SSSR count). The maximum atomic E-state index is 3.76. The van der Waals surface area contributed by atoms with Gasteiger partial charge in [0.15, 0.2) is 0 Å². The first kappa shape index (κ1) is 16.1. The van der Waals surface area contributed by atoms with Crippen molar-refractivity contribution in [1.29, 1.82) is 0 Å². The number of anilines is 1. The average molecular weight is 308 g/mol. The van der Waals surface area contributed by atoms with Gasteiger partial charge in [0, 0.05) is 24.8 Å². The quantitative estimate of drug-likeness (QED) is 0.808. The highest BCUT2D eigenvalue weighted by molar-refractivity contribution is 5.42. The van der Waals surface area contributed by atoms with Crippen LogP contribution in [0.25, 0.3) is 0 Å². The number of hydrogen-bond donors (Lipinski definition) is 2. The van der Waals surface area contributed by atoms with Gasteiger partial charge >= 0.3 is 0 Å². The van der Waals surface area contributed by atoms with E-state index in [0.29, 0.717) is 6.04 Å². The summed E-state index contributed by atoms with van der Waals surface area (Å²) in [6.45, 7) is 4.49. The summed E-state index contributed by atoms with van der Waals surface area (Å²) < 4.78 is 0. The van der Waals surface area contributed by atoms with Crippen molar-refractivity contribution in [1.82, 2.24) is 5.32 Å². The molecule has 0 radical (unpaired) electrons. The first-order valence-electron chi connectivity index (χ1n) is 8.87. The molecule has 1 fully saturated rings. The number of rotatable bonds is 6. The second kappa shape index (κ2) is 8.16. The fraction of sp³-hybridized carbons (Fsp3) is 0.429. The minimum atomic E-state index is 0.656. The summed E-state index contributed by atoms with van der Waals surface area (Å²) >= 11 is 0. The molecule has 0 heterocycles. The van der Waals surface area contributed by atoms with Crippen molar-refractivity contribution in [3.63, 3.8) is 0 Å². The molecular weight excluding hydrogens is 280 g/mol. The Balaban J connectivity index is 1.42. The Kier molecular flexibility index (Phi) is 5.71. The van der Waals surface area contributed by atoms with Gasteiger partial charge in [0.25, 0.3) is 0 Å². The summed E-state index contributed by atoms with van der Waals surface area (Å²) in [7, 11) is 0. The van der Waals surface area contributed by atoms with Crippen LogP contribution in [-0.2, 0) is 6.54 Å². The predicted octanol–water partition coefficient (Wildman–Crippen LogP) is 4.69. The van der Waals surface area contributed by atoms with Crippen molar-refractivity contribution in [2.75, 3.05) is 11.9 Å². The summed E-state index contributed by atoms with van der Waals surface area (Å²) in [6.07, 6.45) is 3.91. The van der Waals surface area contributed by atoms with E-state index in [-0.39, 0.29) is 0 Å². The fourth-order valence-electron chi connectivity index (χ4n) is 3.66. The van der Waals surface area contributed by atoms with E-state index in [0.717, 1.165) is 24.9 Å². The zero-order chi connectivity index (χ0) is 15.9. The number of nitrogens with one attached hydrogen (secondary N) is 2. The number of benzene rings is 2. The van der Waals surface area contributed by atoms with Crippen LogP contribution in [0, 0.1) is 11.8 Å². The maximum absolute atomic E-state index is 3.76. The van der Waals surface area contributed by atoms with Gasteiger partial charge in [0.1, 0.15) is 0 Å². The highest BCUT2D eigenvalue weighted by atomic mass is 14.9. The van der Waals surface area contributed by atoms with Gasteiger partial charge in [-0.05, 0) is 48.8 Å². The van der Waals surface area contributed by atoms with E-state index >= 15 is 0 Å². The third-order valence-electron chi connectivity index (χ3n) is 5.06. The van der Waals surface area contributed by atoms with Crippen LogP contribution in [0.4, 0.5) is 5.69 Å². The molecule has 0 aliphatic heterocycles. The third kappa shape index (κ3) is 4.84. The second-order valence-corrected chi connectivity index (χ2v) is 6.88. The lowest BCUT2D eigenvalue weighted by Gasteiger charge is -2.35. The highest BCUT2D eigenvalue weighted by Gasteiger charge is 2.26. The van der Waals surface area contributed by atoms with Crippen LogP contribution in [0.5, 0.6) is 0 Å². The number of para-hydroxylation sites is 1. The third-order valence-corrected chi connectivity index (χ3v) is 5.06. The first-order chi connectivity index (χ1) is 11.3. The Morgan fingerprint density at radius 1 is 0.913 bits per heavy atom. The van der Waals surface area contributed by atoms with E-state index in [1.54, 1.807) is 0 Å². The Bertz CT molecular complexity index is 567. The zero-order valence-corrected chi connectivity index (χ0v) is 14.0. The van der Waals surface area contributed by atoms with Crippen LogP contribution in [-0.4, -0.2) is 12.6 Å². The van der Waals surface area contributed by atoms with E-state index in [4.69, 9.17) is 0 Å². The zero-order valence-electron chi connectivity index (χ0n) is 14.0. The van der Waals surface area contributed by atoms with Gasteiger partial charge in [-0.3, -0.25) is 0 Å². The predicted molar refractivity (Wildman–Crippen MR) is 98.5 cm³/mol. The second-order valence-electron chi connectivity index (χ2n) is 6.88. The van der Waals surface area contributed by atoms with Crippen LogP contribution < -0.4 is 10.6 Å². The molecule has 0 aromatic heterocycles. The lowest BCUT2D eigenvalue weighted by Crippen LogP contribution is -2.40. The molecule has 2 aromatic carbocycles. The SMILES string of the molecule is CC1CC(CNc2ccccc2)CCC1NCc1ccccc1. The Morgan fingerprint density at radius 3 is 2.30 bits per heavy atom. The molecule has 0 bridgehead atoms. The molecular formula is C21H28N2. The van der Waals surface area contributed by atoms with E-state index < -0.39 is 0 Å². The summed E-state index contributed by atoms with van der Waals surface area (Å²) in [5.41, 5.74) is 2.62. The van der Waals surface area contributed by atoms with Gasteiger partial charge in [0.05, 0.1) is 0 Å². The van der Waals surface area contributed by atoms with Crippen LogP contribution in [0.2, 0.25) is 0 Å². The molecule has 1 aliphatic rings. The monoisotopic (exact) mass is 308 g/mol. The summed E-state index contributed by atoms with van der Waals surface area (Å²) in [5, 5.41) is 7.35. The first-order valence-corrected chi connectivity index (χ1v) is 8.87. The molecule has 0 saturated heterocycles. The Labute approximate surface area is 140 Å². The molecule has 3 unspecified atom stereocenters. The van der Waals surface area contributed by atoms with Gasteiger partial charge < -0.3 is 10.6 Å². The standard InChI is InChI=1S/C21H28N2/c1-17-14-19(16-22-20-10-6-3-7-11-20)12-13-21(17)23-15-18-8-4-2-5-9-18/h2-11,17,19,21-23H,12-16H2,1H3. The molecule has 23 heavy (non-hydrogen) atoms. The molecule has 2 N–H and O–H groups in total. The largest absolute Gasteiger partial charge is 0.385 e. The van der Waals surface area contributed by atoms with E-state index in [9.17, 15) is 0 Å². The molecule has 2 aromatic rings. The molecule has 2 heteroatoms. The molecule has 0 amide bonds.